The molecule has 6 heteroatoms. The van der Waals surface area contributed by atoms with Gasteiger partial charge in [-0.3, -0.25) is 9.36 Å². The maximum atomic E-state index is 13.0. The zero-order chi connectivity index (χ0) is 20.4. The molecular formula is C23H26N4OS. The van der Waals surface area contributed by atoms with Gasteiger partial charge in [-0.15, -0.1) is 10.2 Å². The number of carbonyl (C=O) groups excluding carboxylic acids is 1. The lowest BCUT2D eigenvalue weighted by molar-refractivity contribution is -0.129. The number of rotatable bonds is 5. The van der Waals surface area contributed by atoms with Gasteiger partial charge >= 0.3 is 0 Å². The first kappa shape index (κ1) is 19.7. The second kappa shape index (κ2) is 8.41. The third-order valence-corrected chi connectivity index (χ3v) is 6.49. The van der Waals surface area contributed by atoms with Gasteiger partial charge in [0, 0.05) is 12.7 Å². The van der Waals surface area contributed by atoms with Gasteiger partial charge in [0.25, 0.3) is 0 Å². The van der Waals surface area contributed by atoms with Crippen LogP contribution in [-0.2, 0) is 11.2 Å². The molecule has 4 rings (SSSR count). The lowest BCUT2D eigenvalue weighted by Gasteiger charge is -2.33. The molecule has 0 bridgehead atoms. The SMILES string of the molecule is Cc1cccc(-n2c(C)nnc2SCC(=O)N(C)[C@@H]2CCCc3ccccc32)c1. The van der Waals surface area contributed by atoms with Crippen molar-refractivity contribution in [1.82, 2.24) is 19.7 Å². The maximum absolute atomic E-state index is 13.0. The first-order chi connectivity index (χ1) is 14.0. The third kappa shape index (κ3) is 4.08. The second-order valence-electron chi connectivity index (χ2n) is 7.60. The smallest absolute Gasteiger partial charge is 0.233 e. The van der Waals surface area contributed by atoms with Crippen molar-refractivity contribution < 1.29 is 4.79 Å². The van der Waals surface area contributed by atoms with Crippen LogP contribution in [0.5, 0.6) is 0 Å². The molecule has 0 saturated carbocycles. The summed E-state index contributed by atoms with van der Waals surface area (Å²) < 4.78 is 2.01. The monoisotopic (exact) mass is 406 g/mol. The summed E-state index contributed by atoms with van der Waals surface area (Å²) in [6.45, 7) is 4.00. The van der Waals surface area contributed by atoms with E-state index in [9.17, 15) is 4.79 Å². The normalized spacial score (nSPS) is 15.8. The van der Waals surface area contributed by atoms with Gasteiger partial charge in [0.1, 0.15) is 5.82 Å². The molecule has 0 aliphatic heterocycles. The van der Waals surface area contributed by atoms with Crippen LogP contribution >= 0.6 is 11.8 Å². The molecule has 2 aromatic carbocycles. The summed E-state index contributed by atoms with van der Waals surface area (Å²) >= 11 is 1.45. The summed E-state index contributed by atoms with van der Waals surface area (Å²) in [5.74, 6) is 1.28. The second-order valence-corrected chi connectivity index (χ2v) is 8.55. The number of aromatic nitrogens is 3. The van der Waals surface area contributed by atoms with E-state index in [4.69, 9.17) is 0 Å². The van der Waals surface area contributed by atoms with Crippen LogP contribution in [0.15, 0.2) is 53.7 Å². The van der Waals surface area contributed by atoms with E-state index in [1.165, 1.54) is 28.5 Å². The summed E-state index contributed by atoms with van der Waals surface area (Å²) in [4.78, 5) is 14.9. The molecule has 29 heavy (non-hydrogen) atoms. The lowest BCUT2D eigenvalue weighted by Crippen LogP contribution is -2.34. The van der Waals surface area contributed by atoms with E-state index >= 15 is 0 Å². The first-order valence-electron chi connectivity index (χ1n) is 10.00. The van der Waals surface area contributed by atoms with Gasteiger partial charge in [0.15, 0.2) is 5.16 Å². The Morgan fingerprint density at radius 3 is 2.83 bits per heavy atom. The number of fused-ring (bicyclic) bond motifs is 1. The minimum Gasteiger partial charge on any atom is -0.338 e. The maximum Gasteiger partial charge on any atom is 0.233 e. The Hall–Kier alpha value is -2.60. The van der Waals surface area contributed by atoms with Crippen molar-refractivity contribution >= 4 is 17.7 Å². The summed E-state index contributed by atoms with van der Waals surface area (Å²) in [5, 5.41) is 9.29. The number of hydrogen-bond acceptors (Lipinski definition) is 4. The van der Waals surface area contributed by atoms with E-state index < -0.39 is 0 Å². The van der Waals surface area contributed by atoms with E-state index in [0.29, 0.717) is 5.75 Å². The Morgan fingerprint density at radius 2 is 2.00 bits per heavy atom. The Bertz CT molecular complexity index is 1030. The standard InChI is InChI=1S/C23H26N4OS/c1-16-8-6-11-19(14-16)27-17(2)24-25-23(27)29-15-22(28)26(3)21-13-7-10-18-9-4-5-12-20(18)21/h4-6,8-9,11-12,14,21H,7,10,13,15H2,1-3H3/t21-/m1/s1. The average molecular weight is 407 g/mol. The van der Waals surface area contributed by atoms with Gasteiger partial charge in [0.2, 0.25) is 5.91 Å². The van der Waals surface area contributed by atoms with Crippen LogP contribution in [0.2, 0.25) is 0 Å². The zero-order valence-electron chi connectivity index (χ0n) is 17.1. The fourth-order valence-corrected chi connectivity index (χ4v) is 4.95. The molecule has 1 atom stereocenters. The molecule has 1 amide bonds. The Balaban J connectivity index is 1.49. The van der Waals surface area contributed by atoms with Crippen LogP contribution in [0.4, 0.5) is 0 Å². The zero-order valence-corrected chi connectivity index (χ0v) is 17.9. The number of aryl methyl sites for hydroxylation is 3. The molecule has 1 aromatic heterocycles. The molecule has 0 N–H and O–H groups in total. The molecule has 150 valence electrons. The highest BCUT2D eigenvalue weighted by Crippen LogP contribution is 2.34. The van der Waals surface area contributed by atoms with Crippen molar-refractivity contribution in [2.75, 3.05) is 12.8 Å². The van der Waals surface area contributed by atoms with E-state index in [1.807, 2.05) is 35.6 Å². The van der Waals surface area contributed by atoms with Crippen molar-refractivity contribution in [3.63, 3.8) is 0 Å². The number of hydrogen-bond donors (Lipinski definition) is 0. The van der Waals surface area contributed by atoms with E-state index in [1.54, 1.807) is 0 Å². The van der Waals surface area contributed by atoms with Crippen molar-refractivity contribution in [3.05, 3.63) is 71.0 Å². The van der Waals surface area contributed by atoms with Gasteiger partial charge < -0.3 is 4.90 Å². The Kier molecular flexibility index (Phi) is 5.72. The first-order valence-corrected chi connectivity index (χ1v) is 11.0. The van der Waals surface area contributed by atoms with Crippen molar-refractivity contribution in [3.8, 4) is 5.69 Å². The quantitative estimate of drug-likeness (QED) is 0.585. The highest BCUT2D eigenvalue weighted by molar-refractivity contribution is 7.99. The van der Waals surface area contributed by atoms with E-state index in [0.717, 1.165) is 35.9 Å². The Labute approximate surface area is 176 Å². The van der Waals surface area contributed by atoms with Gasteiger partial charge in [-0.1, -0.05) is 48.2 Å². The Morgan fingerprint density at radius 1 is 1.17 bits per heavy atom. The number of nitrogens with zero attached hydrogens (tertiary/aromatic N) is 4. The predicted molar refractivity (Wildman–Crippen MR) is 116 cm³/mol. The van der Waals surface area contributed by atoms with Crippen molar-refractivity contribution in [2.24, 2.45) is 0 Å². The average Bonchev–Trinajstić information content (AvgIpc) is 3.11. The molecule has 0 radical (unpaired) electrons. The summed E-state index contributed by atoms with van der Waals surface area (Å²) in [6, 6.07) is 16.9. The highest BCUT2D eigenvalue weighted by Gasteiger charge is 2.26. The van der Waals surface area contributed by atoms with Crippen molar-refractivity contribution in [1.29, 1.82) is 0 Å². The van der Waals surface area contributed by atoms with E-state index in [2.05, 4.69) is 53.5 Å². The molecule has 0 saturated heterocycles. The van der Waals surface area contributed by atoms with Gasteiger partial charge in [-0.2, -0.15) is 0 Å². The molecule has 0 unspecified atom stereocenters. The predicted octanol–water partition coefficient (Wildman–Crippen LogP) is 4.51. The van der Waals surface area contributed by atoms with Crippen LogP contribution in [-0.4, -0.2) is 38.4 Å². The minimum absolute atomic E-state index is 0.119. The van der Waals surface area contributed by atoms with Gasteiger partial charge in [0.05, 0.1) is 11.8 Å². The molecule has 0 spiro atoms. The highest BCUT2D eigenvalue weighted by atomic mass is 32.2. The fourth-order valence-electron chi connectivity index (χ4n) is 4.03. The third-order valence-electron chi connectivity index (χ3n) is 5.58. The fraction of sp³-hybridized carbons (Fsp3) is 0.348. The minimum atomic E-state index is 0.119. The number of amides is 1. The molecule has 1 aliphatic rings. The van der Waals surface area contributed by atoms with Gasteiger partial charge in [-0.25, -0.2) is 0 Å². The van der Waals surface area contributed by atoms with Crippen LogP contribution in [0.1, 0.15) is 41.4 Å². The van der Waals surface area contributed by atoms with Crippen LogP contribution < -0.4 is 0 Å². The topological polar surface area (TPSA) is 51.0 Å². The molecule has 1 aliphatic carbocycles. The summed E-state index contributed by atoms with van der Waals surface area (Å²) in [5.41, 5.74) is 4.86. The van der Waals surface area contributed by atoms with Crippen LogP contribution in [0.3, 0.4) is 0 Å². The number of benzene rings is 2. The molecule has 0 fully saturated rings. The van der Waals surface area contributed by atoms with Gasteiger partial charge in [-0.05, 0) is 61.9 Å². The van der Waals surface area contributed by atoms with E-state index in [-0.39, 0.29) is 11.9 Å². The molecule has 5 nitrogen and oxygen atoms in total. The molecule has 1 heterocycles. The summed E-state index contributed by atoms with van der Waals surface area (Å²) in [6.07, 6.45) is 3.23. The van der Waals surface area contributed by atoms with Crippen LogP contribution in [0.25, 0.3) is 5.69 Å². The van der Waals surface area contributed by atoms with Crippen molar-refractivity contribution in [2.45, 2.75) is 44.3 Å². The molecule has 3 aromatic rings. The van der Waals surface area contributed by atoms with Crippen LogP contribution in [0, 0.1) is 13.8 Å². The lowest BCUT2D eigenvalue weighted by atomic mass is 9.87. The number of thioether (sulfide) groups is 1. The summed E-state index contributed by atoms with van der Waals surface area (Å²) in [7, 11) is 1.92. The number of carbonyl (C=O) groups is 1. The largest absolute Gasteiger partial charge is 0.338 e. The molecular weight excluding hydrogens is 380 g/mol.